The zero-order chi connectivity index (χ0) is 13.4. The first kappa shape index (κ1) is 12.6. The van der Waals surface area contributed by atoms with E-state index in [1.807, 2.05) is 42.5 Å². The molecular formula is C15H12INO2. The Labute approximate surface area is 124 Å². The highest BCUT2D eigenvalue weighted by molar-refractivity contribution is 14.1. The van der Waals surface area contributed by atoms with Crippen LogP contribution in [0.1, 0.15) is 22.8 Å². The smallest absolute Gasteiger partial charge is 0.228 e. The van der Waals surface area contributed by atoms with Gasteiger partial charge < -0.3 is 10.4 Å². The summed E-state index contributed by atoms with van der Waals surface area (Å²) >= 11 is 2.22. The van der Waals surface area contributed by atoms with Crippen molar-refractivity contribution in [3.8, 4) is 0 Å². The van der Waals surface area contributed by atoms with E-state index in [1.165, 1.54) is 0 Å². The molecule has 1 aliphatic rings. The Bertz CT molecular complexity index is 654. The third-order valence-corrected chi connectivity index (χ3v) is 4.25. The van der Waals surface area contributed by atoms with Gasteiger partial charge in [-0.1, -0.05) is 30.3 Å². The summed E-state index contributed by atoms with van der Waals surface area (Å²) in [6.45, 7) is 0. The fraction of sp³-hybridized carbons (Fsp3) is 0.133. The lowest BCUT2D eigenvalue weighted by atomic mass is 9.99. The van der Waals surface area contributed by atoms with Gasteiger partial charge in [-0.2, -0.15) is 0 Å². The fourth-order valence-electron chi connectivity index (χ4n) is 2.30. The highest BCUT2D eigenvalue weighted by Gasteiger charge is 2.20. The zero-order valence-corrected chi connectivity index (χ0v) is 12.2. The maximum absolute atomic E-state index is 11.3. The Morgan fingerprint density at radius 1 is 1.21 bits per heavy atom. The van der Waals surface area contributed by atoms with Crippen LogP contribution in [0, 0.1) is 3.57 Å². The molecule has 1 atom stereocenters. The standard InChI is InChI=1S/C15H12INO2/c16-12-4-2-1-3-11(12)15(19)9-5-6-13-10(7-9)8-14(18)17-13/h1-7,15,19H,8H2,(H,17,18). The third kappa shape index (κ3) is 2.37. The minimum absolute atomic E-state index is 0.0101. The molecule has 1 unspecified atom stereocenters. The number of rotatable bonds is 2. The maximum atomic E-state index is 11.3. The number of anilines is 1. The van der Waals surface area contributed by atoms with Gasteiger partial charge in [-0.3, -0.25) is 4.79 Å². The second-order valence-corrected chi connectivity index (χ2v) is 5.73. The second-order valence-electron chi connectivity index (χ2n) is 4.57. The van der Waals surface area contributed by atoms with Crippen molar-refractivity contribution in [2.75, 3.05) is 5.32 Å². The van der Waals surface area contributed by atoms with E-state index in [1.54, 1.807) is 0 Å². The Morgan fingerprint density at radius 3 is 2.79 bits per heavy atom. The van der Waals surface area contributed by atoms with Crippen LogP contribution in [0.5, 0.6) is 0 Å². The van der Waals surface area contributed by atoms with Gasteiger partial charge in [0.1, 0.15) is 6.10 Å². The molecule has 96 valence electrons. The monoisotopic (exact) mass is 365 g/mol. The van der Waals surface area contributed by atoms with Crippen LogP contribution in [0.15, 0.2) is 42.5 Å². The molecule has 4 heteroatoms. The van der Waals surface area contributed by atoms with Gasteiger partial charge in [-0.25, -0.2) is 0 Å². The summed E-state index contributed by atoms with van der Waals surface area (Å²) < 4.78 is 1.03. The van der Waals surface area contributed by atoms with Crippen LogP contribution in [0.2, 0.25) is 0 Å². The fourth-order valence-corrected chi connectivity index (χ4v) is 2.98. The molecular weight excluding hydrogens is 353 g/mol. The van der Waals surface area contributed by atoms with Crippen molar-refractivity contribution in [1.82, 2.24) is 0 Å². The number of nitrogens with one attached hydrogen (secondary N) is 1. The number of carbonyl (C=O) groups is 1. The van der Waals surface area contributed by atoms with E-state index in [0.29, 0.717) is 6.42 Å². The number of fused-ring (bicyclic) bond motifs is 1. The van der Waals surface area contributed by atoms with E-state index in [9.17, 15) is 9.90 Å². The molecule has 1 aliphatic heterocycles. The van der Waals surface area contributed by atoms with Crippen LogP contribution in [-0.4, -0.2) is 11.0 Å². The number of halogens is 1. The number of hydrogen-bond acceptors (Lipinski definition) is 2. The molecule has 19 heavy (non-hydrogen) atoms. The van der Waals surface area contributed by atoms with E-state index in [2.05, 4.69) is 27.9 Å². The van der Waals surface area contributed by atoms with Crippen LogP contribution in [0.25, 0.3) is 0 Å². The van der Waals surface area contributed by atoms with Crippen LogP contribution in [0.3, 0.4) is 0 Å². The lowest BCUT2D eigenvalue weighted by molar-refractivity contribution is -0.115. The molecule has 0 aliphatic carbocycles. The molecule has 0 radical (unpaired) electrons. The van der Waals surface area contributed by atoms with E-state index in [4.69, 9.17) is 0 Å². The molecule has 1 heterocycles. The highest BCUT2D eigenvalue weighted by Crippen LogP contribution is 2.30. The number of hydrogen-bond donors (Lipinski definition) is 2. The van der Waals surface area contributed by atoms with Gasteiger partial charge >= 0.3 is 0 Å². The molecule has 0 saturated heterocycles. The van der Waals surface area contributed by atoms with Gasteiger partial charge in [0.15, 0.2) is 0 Å². The summed E-state index contributed by atoms with van der Waals surface area (Å²) in [6.07, 6.45) is -0.268. The first-order chi connectivity index (χ1) is 9.15. The van der Waals surface area contributed by atoms with Crippen LogP contribution in [-0.2, 0) is 11.2 Å². The van der Waals surface area contributed by atoms with E-state index in [-0.39, 0.29) is 5.91 Å². The molecule has 0 aromatic heterocycles. The van der Waals surface area contributed by atoms with Crippen molar-refractivity contribution in [3.63, 3.8) is 0 Å². The molecule has 2 aromatic carbocycles. The number of aliphatic hydroxyl groups excluding tert-OH is 1. The van der Waals surface area contributed by atoms with Gasteiger partial charge in [0.25, 0.3) is 0 Å². The summed E-state index contributed by atoms with van der Waals surface area (Å²) in [7, 11) is 0. The molecule has 2 aromatic rings. The van der Waals surface area contributed by atoms with Crippen LogP contribution in [0.4, 0.5) is 5.69 Å². The third-order valence-electron chi connectivity index (χ3n) is 3.27. The van der Waals surface area contributed by atoms with Crippen molar-refractivity contribution in [3.05, 3.63) is 62.7 Å². The molecule has 3 rings (SSSR count). The minimum atomic E-state index is -0.658. The summed E-state index contributed by atoms with van der Waals surface area (Å²) in [6, 6.07) is 13.4. The van der Waals surface area contributed by atoms with Gasteiger partial charge in [-0.05, 0) is 51.4 Å². The Morgan fingerprint density at radius 2 is 2.00 bits per heavy atom. The predicted molar refractivity (Wildman–Crippen MR) is 82.0 cm³/mol. The van der Waals surface area contributed by atoms with E-state index < -0.39 is 6.10 Å². The van der Waals surface area contributed by atoms with E-state index >= 15 is 0 Å². The second kappa shape index (κ2) is 4.94. The minimum Gasteiger partial charge on any atom is -0.384 e. The lowest BCUT2D eigenvalue weighted by Gasteiger charge is -2.14. The average Bonchev–Trinajstić information content (AvgIpc) is 2.77. The lowest BCUT2D eigenvalue weighted by Crippen LogP contribution is -2.03. The van der Waals surface area contributed by atoms with Crippen molar-refractivity contribution in [2.24, 2.45) is 0 Å². The van der Waals surface area contributed by atoms with Crippen molar-refractivity contribution >= 4 is 34.2 Å². The Balaban J connectivity index is 1.97. The first-order valence-corrected chi connectivity index (χ1v) is 7.08. The predicted octanol–water partition coefficient (Wildman–Crippen LogP) is 2.87. The van der Waals surface area contributed by atoms with E-state index in [0.717, 1.165) is 25.9 Å². The number of aliphatic hydroxyl groups is 1. The van der Waals surface area contributed by atoms with Gasteiger partial charge in [0.2, 0.25) is 5.91 Å². The summed E-state index contributed by atoms with van der Waals surface area (Å²) in [5, 5.41) is 13.3. The Hall–Kier alpha value is -1.40. The van der Waals surface area contributed by atoms with Crippen molar-refractivity contribution < 1.29 is 9.90 Å². The zero-order valence-electron chi connectivity index (χ0n) is 10.1. The normalized spacial score (nSPS) is 14.9. The number of benzene rings is 2. The van der Waals surface area contributed by atoms with Crippen molar-refractivity contribution in [1.29, 1.82) is 0 Å². The molecule has 1 amide bonds. The van der Waals surface area contributed by atoms with Gasteiger partial charge in [0.05, 0.1) is 6.42 Å². The Kier molecular flexibility index (Phi) is 3.28. The summed E-state index contributed by atoms with van der Waals surface area (Å²) in [5.74, 6) is 0.0101. The molecule has 0 spiro atoms. The molecule has 3 nitrogen and oxygen atoms in total. The number of carbonyl (C=O) groups excluding carboxylic acids is 1. The van der Waals surface area contributed by atoms with Crippen LogP contribution < -0.4 is 5.32 Å². The SMILES string of the molecule is O=C1Cc2cc(C(O)c3ccccc3I)ccc2N1. The topological polar surface area (TPSA) is 49.3 Å². The quantitative estimate of drug-likeness (QED) is 0.805. The number of amides is 1. The summed E-state index contributed by atoms with van der Waals surface area (Å²) in [4.78, 5) is 11.3. The molecule has 2 N–H and O–H groups in total. The largest absolute Gasteiger partial charge is 0.384 e. The van der Waals surface area contributed by atoms with Crippen LogP contribution >= 0.6 is 22.6 Å². The molecule has 0 bridgehead atoms. The maximum Gasteiger partial charge on any atom is 0.228 e. The van der Waals surface area contributed by atoms with Gasteiger partial charge in [-0.15, -0.1) is 0 Å². The summed E-state index contributed by atoms with van der Waals surface area (Å²) in [5.41, 5.74) is 3.51. The van der Waals surface area contributed by atoms with Crippen molar-refractivity contribution in [2.45, 2.75) is 12.5 Å². The average molecular weight is 365 g/mol. The first-order valence-electron chi connectivity index (χ1n) is 6.00. The molecule has 0 saturated carbocycles. The van der Waals surface area contributed by atoms with Gasteiger partial charge in [0, 0.05) is 9.26 Å². The molecule has 0 fully saturated rings. The highest BCUT2D eigenvalue weighted by atomic mass is 127.